The number of carbonyl (C=O) groups is 1. The zero-order valence-electron chi connectivity index (χ0n) is 12.2. The lowest BCUT2D eigenvalue weighted by atomic mass is 9.96. The van der Waals surface area contributed by atoms with E-state index in [4.69, 9.17) is 0 Å². The van der Waals surface area contributed by atoms with Crippen molar-refractivity contribution in [2.45, 2.75) is 83.6 Å². The topological polar surface area (TPSA) is 20.3 Å². The smallest absolute Gasteiger partial charge is 0.119 e. The largest absolute Gasteiger partial charge is 0.303 e. The lowest BCUT2D eigenvalue weighted by Crippen LogP contribution is -2.40. The second-order valence-corrected chi connectivity index (χ2v) is 5.70. The zero-order valence-corrected chi connectivity index (χ0v) is 12.2. The molecule has 1 unspecified atom stereocenters. The van der Waals surface area contributed by atoms with Gasteiger partial charge < -0.3 is 9.69 Å². The van der Waals surface area contributed by atoms with Crippen LogP contribution in [0.3, 0.4) is 0 Å². The molecule has 0 aromatic heterocycles. The fraction of sp³-hybridized carbons (Fsp3) is 0.938. The molecule has 1 rings (SSSR count). The molecule has 1 aliphatic rings. The van der Waals surface area contributed by atoms with Gasteiger partial charge in [0.15, 0.2) is 0 Å². The van der Waals surface area contributed by atoms with Crippen molar-refractivity contribution in [3.8, 4) is 0 Å². The van der Waals surface area contributed by atoms with Crippen molar-refractivity contribution in [2.75, 3.05) is 13.1 Å². The Kier molecular flexibility index (Phi) is 9.19. The summed E-state index contributed by atoms with van der Waals surface area (Å²) in [6, 6.07) is 0.812. The SMILES string of the molecule is CCCCCCN1CCCCC1CCCCC=O. The fourth-order valence-corrected chi connectivity index (χ4v) is 3.03. The summed E-state index contributed by atoms with van der Waals surface area (Å²) in [5.74, 6) is 0. The molecule has 0 saturated carbocycles. The minimum atomic E-state index is 0.753. The summed E-state index contributed by atoms with van der Waals surface area (Å²) in [5.41, 5.74) is 0. The van der Waals surface area contributed by atoms with Crippen molar-refractivity contribution < 1.29 is 4.79 Å². The molecule has 18 heavy (non-hydrogen) atoms. The Morgan fingerprint density at radius 1 is 1.11 bits per heavy atom. The molecule has 0 aromatic rings. The van der Waals surface area contributed by atoms with Gasteiger partial charge in [-0.25, -0.2) is 0 Å². The van der Waals surface area contributed by atoms with Crippen molar-refractivity contribution >= 4 is 6.29 Å². The maximum Gasteiger partial charge on any atom is 0.119 e. The average molecular weight is 253 g/mol. The molecule has 0 spiro atoms. The van der Waals surface area contributed by atoms with Crippen LogP contribution in [0.1, 0.15) is 77.6 Å². The summed E-state index contributed by atoms with van der Waals surface area (Å²) >= 11 is 0. The van der Waals surface area contributed by atoms with E-state index in [1.54, 1.807) is 0 Å². The molecule has 1 aliphatic heterocycles. The third-order valence-electron chi connectivity index (χ3n) is 4.16. The predicted molar refractivity (Wildman–Crippen MR) is 77.9 cm³/mol. The predicted octanol–water partition coefficient (Wildman–Crippen LogP) is 4.18. The molecule has 1 saturated heterocycles. The van der Waals surface area contributed by atoms with E-state index in [1.807, 2.05) is 0 Å². The van der Waals surface area contributed by atoms with Crippen molar-refractivity contribution in [1.29, 1.82) is 0 Å². The molecule has 1 fully saturated rings. The monoisotopic (exact) mass is 253 g/mol. The molecule has 1 atom stereocenters. The first-order chi connectivity index (χ1) is 8.88. The Hall–Kier alpha value is -0.370. The maximum atomic E-state index is 10.3. The Labute approximate surface area is 113 Å². The Morgan fingerprint density at radius 3 is 2.78 bits per heavy atom. The van der Waals surface area contributed by atoms with E-state index in [2.05, 4.69) is 11.8 Å². The number of likely N-dealkylation sites (tertiary alicyclic amines) is 1. The Balaban J connectivity index is 2.17. The molecule has 0 aliphatic carbocycles. The van der Waals surface area contributed by atoms with Gasteiger partial charge in [-0.3, -0.25) is 0 Å². The normalized spacial score (nSPS) is 21.1. The maximum absolute atomic E-state index is 10.3. The van der Waals surface area contributed by atoms with Gasteiger partial charge in [0.05, 0.1) is 0 Å². The Morgan fingerprint density at radius 2 is 2.00 bits per heavy atom. The van der Waals surface area contributed by atoms with Crippen molar-refractivity contribution in [3.05, 3.63) is 0 Å². The van der Waals surface area contributed by atoms with E-state index in [-0.39, 0.29) is 0 Å². The quantitative estimate of drug-likeness (QED) is 0.430. The standard InChI is InChI=1S/C16H31NO/c1-2-3-4-8-13-17-14-9-7-12-16(17)11-6-5-10-15-18/h15-16H,2-14H2,1H3. The van der Waals surface area contributed by atoms with Crippen LogP contribution in [0.5, 0.6) is 0 Å². The van der Waals surface area contributed by atoms with Crippen LogP contribution in [0.25, 0.3) is 0 Å². The number of piperidine rings is 1. The van der Waals surface area contributed by atoms with E-state index in [0.29, 0.717) is 0 Å². The van der Waals surface area contributed by atoms with E-state index < -0.39 is 0 Å². The molecule has 106 valence electrons. The van der Waals surface area contributed by atoms with Crippen molar-refractivity contribution in [1.82, 2.24) is 4.90 Å². The van der Waals surface area contributed by atoms with E-state index in [9.17, 15) is 4.79 Å². The van der Waals surface area contributed by atoms with Crippen LogP contribution < -0.4 is 0 Å². The zero-order chi connectivity index (χ0) is 13.1. The summed E-state index contributed by atoms with van der Waals surface area (Å²) in [7, 11) is 0. The lowest BCUT2D eigenvalue weighted by Gasteiger charge is -2.36. The molecular weight excluding hydrogens is 222 g/mol. The average Bonchev–Trinajstić information content (AvgIpc) is 2.41. The number of carbonyl (C=O) groups excluding carboxylic acids is 1. The van der Waals surface area contributed by atoms with Gasteiger partial charge in [-0.1, -0.05) is 39.0 Å². The highest BCUT2D eigenvalue weighted by Gasteiger charge is 2.20. The molecule has 0 bridgehead atoms. The molecule has 0 radical (unpaired) electrons. The highest BCUT2D eigenvalue weighted by Crippen LogP contribution is 2.22. The van der Waals surface area contributed by atoms with Gasteiger partial charge in [-0.2, -0.15) is 0 Å². The van der Waals surface area contributed by atoms with E-state index >= 15 is 0 Å². The number of unbranched alkanes of at least 4 members (excludes halogenated alkanes) is 5. The first-order valence-corrected chi connectivity index (χ1v) is 8.06. The molecule has 2 heteroatoms. The van der Waals surface area contributed by atoms with E-state index in [1.165, 1.54) is 70.9 Å². The van der Waals surface area contributed by atoms with Crippen LogP contribution in [0.15, 0.2) is 0 Å². The first kappa shape index (κ1) is 15.7. The summed E-state index contributed by atoms with van der Waals surface area (Å²) < 4.78 is 0. The van der Waals surface area contributed by atoms with Crippen molar-refractivity contribution in [2.24, 2.45) is 0 Å². The van der Waals surface area contributed by atoms with Gasteiger partial charge in [-0.05, 0) is 45.2 Å². The first-order valence-electron chi connectivity index (χ1n) is 8.06. The lowest BCUT2D eigenvalue weighted by molar-refractivity contribution is -0.107. The van der Waals surface area contributed by atoms with Gasteiger partial charge in [0.1, 0.15) is 6.29 Å². The summed E-state index contributed by atoms with van der Waals surface area (Å²) in [6.45, 7) is 4.89. The highest BCUT2D eigenvalue weighted by molar-refractivity contribution is 5.48. The number of aldehydes is 1. The van der Waals surface area contributed by atoms with Crippen LogP contribution in [0.2, 0.25) is 0 Å². The molecule has 0 amide bonds. The second kappa shape index (κ2) is 10.5. The highest BCUT2D eigenvalue weighted by atomic mass is 16.1. The summed E-state index contributed by atoms with van der Waals surface area (Å²) in [6.07, 6.45) is 15.1. The molecule has 0 aromatic carbocycles. The van der Waals surface area contributed by atoms with Crippen LogP contribution >= 0.6 is 0 Å². The summed E-state index contributed by atoms with van der Waals surface area (Å²) in [4.78, 5) is 13.0. The van der Waals surface area contributed by atoms with Crippen LogP contribution in [-0.2, 0) is 4.79 Å². The third kappa shape index (κ3) is 6.53. The van der Waals surface area contributed by atoms with Gasteiger partial charge in [-0.15, -0.1) is 0 Å². The van der Waals surface area contributed by atoms with Gasteiger partial charge in [0.2, 0.25) is 0 Å². The number of nitrogens with zero attached hydrogens (tertiary/aromatic N) is 1. The molecule has 2 nitrogen and oxygen atoms in total. The second-order valence-electron chi connectivity index (χ2n) is 5.70. The van der Waals surface area contributed by atoms with E-state index in [0.717, 1.165) is 25.2 Å². The van der Waals surface area contributed by atoms with Crippen LogP contribution in [0.4, 0.5) is 0 Å². The third-order valence-corrected chi connectivity index (χ3v) is 4.16. The van der Waals surface area contributed by atoms with Gasteiger partial charge in [0, 0.05) is 12.5 Å². The van der Waals surface area contributed by atoms with Crippen molar-refractivity contribution in [3.63, 3.8) is 0 Å². The van der Waals surface area contributed by atoms with Gasteiger partial charge in [0.25, 0.3) is 0 Å². The Bertz CT molecular complexity index is 205. The summed E-state index contributed by atoms with van der Waals surface area (Å²) in [5, 5.41) is 0. The fourth-order valence-electron chi connectivity index (χ4n) is 3.03. The van der Waals surface area contributed by atoms with Crippen LogP contribution in [0, 0.1) is 0 Å². The van der Waals surface area contributed by atoms with Crippen LogP contribution in [-0.4, -0.2) is 30.3 Å². The number of rotatable bonds is 10. The minimum Gasteiger partial charge on any atom is -0.303 e. The molecular formula is C16H31NO. The van der Waals surface area contributed by atoms with Gasteiger partial charge >= 0.3 is 0 Å². The number of hydrogen-bond donors (Lipinski definition) is 0. The number of hydrogen-bond acceptors (Lipinski definition) is 2. The molecule has 1 heterocycles. The minimum absolute atomic E-state index is 0.753. The molecule has 0 N–H and O–H groups in total.